The molecule has 1 amide bonds. The summed E-state index contributed by atoms with van der Waals surface area (Å²) in [5, 5.41) is 0. The van der Waals surface area contributed by atoms with Crippen molar-refractivity contribution in [1.82, 2.24) is 0 Å². The van der Waals surface area contributed by atoms with Crippen molar-refractivity contribution in [3.8, 4) is 0 Å². The minimum Gasteiger partial charge on any atom is -0.311 e. The molecule has 17 heavy (non-hydrogen) atoms. The van der Waals surface area contributed by atoms with Crippen LogP contribution in [0.2, 0.25) is 0 Å². The molecule has 3 rings (SSSR count). The fourth-order valence-electron chi connectivity index (χ4n) is 2.77. The van der Waals surface area contributed by atoms with Gasteiger partial charge in [-0.25, -0.2) is 0 Å². The lowest BCUT2D eigenvalue weighted by Gasteiger charge is -2.18. The Morgan fingerprint density at radius 2 is 2.00 bits per heavy atom. The lowest BCUT2D eigenvalue weighted by molar-refractivity contribution is -0.119. The van der Waals surface area contributed by atoms with Gasteiger partial charge in [0, 0.05) is 24.1 Å². The standard InChI is InChI=1S/C15H19NO/c1-10(2)13-9-16(15(17)11-7-8-11)14-6-4-3-5-12(13)14/h3-6,10-11,13H,7-9H2,1-2H3. The smallest absolute Gasteiger partial charge is 0.230 e. The Morgan fingerprint density at radius 1 is 1.29 bits per heavy atom. The Bertz CT molecular complexity index is 448. The molecule has 0 aromatic heterocycles. The normalized spacial score (nSPS) is 23.0. The summed E-state index contributed by atoms with van der Waals surface area (Å²) in [6.07, 6.45) is 2.17. The number of anilines is 1. The second kappa shape index (κ2) is 3.86. The molecule has 1 fully saturated rings. The zero-order valence-corrected chi connectivity index (χ0v) is 10.5. The molecule has 2 heteroatoms. The number of hydrogen-bond acceptors (Lipinski definition) is 1. The van der Waals surface area contributed by atoms with Crippen LogP contribution in [0.3, 0.4) is 0 Å². The van der Waals surface area contributed by atoms with Crippen molar-refractivity contribution in [3.63, 3.8) is 0 Å². The summed E-state index contributed by atoms with van der Waals surface area (Å²) >= 11 is 0. The first-order valence-electron chi connectivity index (χ1n) is 6.59. The predicted molar refractivity (Wildman–Crippen MR) is 69.1 cm³/mol. The Morgan fingerprint density at radius 3 is 2.65 bits per heavy atom. The minimum atomic E-state index is 0.314. The van der Waals surface area contributed by atoms with E-state index in [-0.39, 0.29) is 0 Å². The molecule has 1 aliphatic heterocycles. The summed E-state index contributed by atoms with van der Waals surface area (Å²) in [4.78, 5) is 14.3. The van der Waals surface area contributed by atoms with Gasteiger partial charge in [0.15, 0.2) is 0 Å². The van der Waals surface area contributed by atoms with Gasteiger partial charge in [0.05, 0.1) is 0 Å². The van der Waals surface area contributed by atoms with Crippen LogP contribution >= 0.6 is 0 Å². The Kier molecular flexibility index (Phi) is 2.46. The first kappa shape index (κ1) is 10.8. The number of fused-ring (bicyclic) bond motifs is 1. The van der Waals surface area contributed by atoms with Crippen LogP contribution < -0.4 is 4.90 Å². The van der Waals surface area contributed by atoms with E-state index in [9.17, 15) is 4.79 Å². The SMILES string of the molecule is CC(C)C1CN(C(=O)C2CC2)c2ccccc21. The number of amides is 1. The Labute approximate surface area is 103 Å². The quantitative estimate of drug-likeness (QED) is 0.762. The number of para-hydroxylation sites is 1. The molecule has 90 valence electrons. The molecule has 1 atom stereocenters. The van der Waals surface area contributed by atoms with Gasteiger partial charge in [0.2, 0.25) is 5.91 Å². The van der Waals surface area contributed by atoms with Crippen molar-refractivity contribution < 1.29 is 4.79 Å². The second-order valence-corrected chi connectivity index (χ2v) is 5.63. The minimum absolute atomic E-state index is 0.314. The maximum Gasteiger partial charge on any atom is 0.230 e. The van der Waals surface area contributed by atoms with Crippen molar-refractivity contribution in [2.24, 2.45) is 11.8 Å². The fraction of sp³-hybridized carbons (Fsp3) is 0.533. The molecule has 2 aliphatic rings. The monoisotopic (exact) mass is 229 g/mol. The van der Waals surface area contributed by atoms with Gasteiger partial charge in [-0.2, -0.15) is 0 Å². The zero-order valence-electron chi connectivity index (χ0n) is 10.5. The molecule has 0 saturated heterocycles. The maximum atomic E-state index is 12.3. The van der Waals surface area contributed by atoms with Crippen LogP contribution in [0.25, 0.3) is 0 Å². The van der Waals surface area contributed by atoms with Crippen LogP contribution in [-0.2, 0) is 4.79 Å². The van der Waals surface area contributed by atoms with E-state index in [2.05, 4.69) is 32.0 Å². The summed E-state index contributed by atoms with van der Waals surface area (Å²) < 4.78 is 0. The average molecular weight is 229 g/mol. The summed E-state index contributed by atoms with van der Waals surface area (Å²) in [5.41, 5.74) is 2.51. The number of rotatable bonds is 2. The number of benzene rings is 1. The summed E-state index contributed by atoms with van der Waals surface area (Å²) in [7, 11) is 0. The van der Waals surface area contributed by atoms with Crippen molar-refractivity contribution in [1.29, 1.82) is 0 Å². The zero-order chi connectivity index (χ0) is 12.0. The van der Waals surface area contributed by atoms with Gasteiger partial charge in [-0.05, 0) is 30.4 Å². The van der Waals surface area contributed by atoms with Crippen molar-refractivity contribution in [3.05, 3.63) is 29.8 Å². The van der Waals surface area contributed by atoms with E-state index < -0.39 is 0 Å². The number of hydrogen-bond donors (Lipinski definition) is 0. The highest BCUT2D eigenvalue weighted by Crippen LogP contribution is 2.43. The van der Waals surface area contributed by atoms with Crippen LogP contribution in [0.1, 0.15) is 38.2 Å². The van der Waals surface area contributed by atoms with E-state index in [1.165, 1.54) is 5.56 Å². The van der Waals surface area contributed by atoms with Gasteiger partial charge in [-0.1, -0.05) is 32.0 Å². The fourth-order valence-corrected chi connectivity index (χ4v) is 2.77. The van der Waals surface area contributed by atoms with E-state index in [0.717, 1.165) is 25.1 Å². The van der Waals surface area contributed by atoms with Crippen molar-refractivity contribution in [2.45, 2.75) is 32.6 Å². The molecule has 1 unspecified atom stereocenters. The van der Waals surface area contributed by atoms with E-state index in [1.807, 2.05) is 11.0 Å². The van der Waals surface area contributed by atoms with Gasteiger partial charge < -0.3 is 4.90 Å². The molecule has 0 bridgehead atoms. The molecule has 1 heterocycles. The van der Waals surface area contributed by atoms with E-state index in [1.54, 1.807) is 0 Å². The van der Waals surface area contributed by atoms with Crippen LogP contribution in [-0.4, -0.2) is 12.5 Å². The number of nitrogens with zero attached hydrogens (tertiary/aromatic N) is 1. The van der Waals surface area contributed by atoms with Gasteiger partial charge in [0.1, 0.15) is 0 Å². The van der Waals surface area contributed by atoms with Crippen LogP contribution in [0.5, 0.6) is 0 Å². The molecule has 1 saturated carbocycles. The van der Waals surface area contributed by atoms with Crippen LogP contribution in [0.4, 0.5) is 5.69 Å². The largest absolute Gasteiger partial charge is 0.311 e. The third-order valence-electron chi connectivity index (χ3n) is 4.00. The highest BCUT2D eigenvalue weighted by atomic mass is 16.2. The van der Waals surface area contributed by atoms with Crippen molar-refractivity contribution >= 4 is 11.6 Å². The molecular formula is C15H19NO. The average Bonchev–Trinajstić information content (AvgIpc) is 3.08. The maximum absolute atomic E-state index is 12.3. The van der Waals surface area contributed by atoms with Gasteiger partial charge in [0.25, 0.3) is 0 Å². The van der Waals surface area contributed by atoms with Gasteiger partial charge >= 0.3 is 0 Å². The lowest BCUT2D eigenvalue weighted by atomic mass is 9.90. The summed E-state index contributed by atoms with van der Waals surface area (Å²) in [6.45, 7) is 5.37. The summed E-state index contributed by atoms with van der Waals surface area (Å²) in [6, 6.07) is 8.40. The predicted octanol–water partition coefficient (Wildman–Crippen LogP) is 3.18. The number of carbonyl (C=O) groups is 1. The van der Waals surface area contributed by atoms with Crippen LogP contribution in [0.15, 0.2) is 24.3 Å². The first-order valence-corrected chi connectivity index (χ1v) is 6.59. The van der Waals surface area contributed by atoms with Gasteiger partial charge in [-0.15, -0.1) is 0 Å². The summed E-state index contributed by atoms with van der Waals surface area (Å²) in [5.74, 6) is 1.76. The molecule has 1 aromatic carbocycles. The molecular weight excluding hydrogens is 210 g/mol. The van der Waals surface area contributed by atoms with Crippen molar-refractivity contribution in [2.75, 3.05) is 11.4 Å². The molecule has 2 nitrogen and oxygen atoms in total. The Balaban J connectivity index is 1.96. The molecule has 0 spiro atoms. The molecule has 0 radical (unpaired) electrons. The third-order valence-corrected chi connectivity index (χ3v) is 4.00. The first-order chi connectivity index (χ1) is 8.18. The third kappa shape index (κ3) is 1.76. The lowest BCUT2D eigenvalue weighted by Crippen LogP contribution is -2.31. The van der Waals surface area contributed by atoms with Gasteiger partial charge in [-0.3, -0.25) is 4.79 Å². The Hall–Kier alpha value is -1.31. The highest BCUT2D eigenvalue weighted by molar-refractivity contribution is 5.98. The highest BCUT2D eigenvalue weighted by Gasteiger charge is 2.39. The van der Waals surface area contributed by atoms with Crippen LogP contribution in [0, 0.1) is 11.8 Å². The molecule has 0 N–H and O–H groups in total. The number of carbonyl (C=O) groups excluding carboxylic acids is 1. The second-order valence-electron chi connectivity index (χ2n) is 5.63. The molecule has 1 aliphatic carbocycles. The van der Waals surface area contributed by atoms with E-state index in [4.69, 9.17) is 0 Å². The van der Waals surface area contributed by atoms with E-state index >= 15 is 0 Å². The molecule has 1 aromatic rings. The topological polar surface area (TPSA) is 20.3 Å². The van der Waals surface area contributed by atoms with E-state index in [0.29, 0.717) is 23.7 Å².